The van der Waals surface area contributed by atoms with Gasteiger partial charge >= 0.3 is 11.9 Å². The van der Waals surface area contributed by atoms with E-state index in [-0.39, 0.29) is 23.2 Å². The standard InChI is InChI=1S/C9H7N3O4/c10-12-11-4-6-2-1-5(8(13)14)3-7(6)9(15)16/h1-3H,4H2,(H,13,14)(H,15,16). The van der Waals surface area contributed by atoms with E-state index in [4.69, 9.17) is 15.7 Å². The zero-order valence-electron chi connectivity index (χ0n) is 7.99. The molecule has 1 aromatic carbocycles. The molecule has 2 N–H and O–H groups in total. The van der Waals surface area contributed by atoms with Crippen LogP contribution in [0.4, 0.5) is 0 Å². The molecular formula is C9H7N3O4. The number of rotatable bonds is 4. The van der Waals surface area contributed by atoms with Gasteiger partial charge in [-0.05, 0) is 23.2 Å². The van der Waals surface area contributed by atoms with Crippen molar-refractivity contribution < 1.29 is 19.8 Å². The van der Waals surface area contributed by atoms with Crippen molar-refractivity contribution in [2.24, 2.45) is 5.11 Å². The van der Waals surface area contributed by atoms with E-state index >= 15 is 0 Å². The molecule has 0 aliphatic rings. The summed E-state index contributed by atoms with van der Waals surface area (Å²) in [5, 5.41) is 20.8. The molecule has 7 nitrogen and oxygen atoms in total. The first-order valence-corrected chi connectivity index (χ1v) is 4.16. The summed E-state index contributed by atoms with van der Waals surface area (Å²) < 4.78 is 0. The van der Waals surface area contributed by atoms with Crippen molar-refractivity contribution in [3.8, 4) is 0 Å². The molecule has 1 rings (SSSR count). The minimum atomic E-state index is -1.26. The molecular weight excluding hydrogens is 214 g/mol. The first kappa shape index (κ1) is 11.5. The smallest absolute Gasteiger partial charge is 0.335 e. The van der Waals surface area contributed by atoms with Gasteiger partial charge in [-0.2, -0.15) is 0 Å². The van der Waals surface area contributed by atoms with Crippen molar-refractivity contribution in [2.75, 3.05) is 0 Å². The summed E-state index contributed by atoms with van der Waals surface area (Å²) >= 11 is 0. The Morgan fingerprint density at radius 1 is 1.31 bits per heavy atom. The highest BCUT2D eigenvalue weighted by atomic mass is 16.4. The quantitative estimate of drug-likeness (QED) is 0.457. The average Bonchev–Trinajstić information content (AvgIpc) is 2.25. The maximum Gasteiger partial charge on any atom is 0.335 e. The number of aromatic carboxylic acids is 2. The monoisotopic (exact) mass is 221 g/mol. The van der Waals surface area contributed by atoms with E-state index in [0.717, 1.165) is 6.07 Å². The molecule has 0 spiro atoms. The third kappa shape index (κ3) is 2.49. The van der Waals surface area contributed by atoms with Gasteiger partial charge in [0.2, 0.25) is 0 Å². The van der Waals surface area contributed by atoms with E-state index in [1.165, 1.54) is 12.1 Å². The lowest BCUT2D eigenvalue weighted by Gasteiger charge is -2.03. The molecule has 0 unspecified atom stereocenters. The molecule has 0 saturated heterocycles. The fourth-order valence-corrected chi connectivity index (χ4v) is 1.15. The van der Waals surface area contributed by atoms with E-state index in [1.807, 2.05) is 0 Å². The molecule has 0 bridgehead atoms. The van der Waals surface area contributed by atoms with Gasteiger partial charge in [0.05, 0.1) is 17.7 Å². The highest BCUT2D eigenvalue weighted by molar-refractivity contribution is 5.94. The van der Waals surface area contributed by atoms with Gasteiger partial charge in [-0.25, -0.2) is 9.59 Å². The Labute approximate surface area is 89.6 Å². The molecule has 16 heavy (non-hydrogen) atoms. The number of carboxylic acid groups (broad SMARTS) is 2. The lowest BCUT2D eigenvalue weighted by Crippen LogP contribution is -2.05. The van der Waals surface area contributed by atoms with E-state index < -0.39 is 11.9 Å². The second-order valence-corrected chi connectivity index (χ2v) is 2.87. The van der Waals surface area contributed by atoms with Crippen LogP contribution in [0.1, 0.15) is 26.3 Å². The Balaban J connectivity index is 3.24. The lowest BCUT2D eigenvalue weighted by atomic mass is 10.0. The normalized spacial score (nSPS) is 9.25. The number of nitrogens with zero attached hydrogens (tertiary/aromatic N) is 3. The molecule has 0 radical (unpaired) electrons. The fourth-order valence-electron chi connectivity index (χ4n) is 1.15. The molecule has 0 amide bonds. The van der Waals surface area contributed by atoms with Gasteiger partial charge in [-0.15, -0.1) is 0 Å². The van der Waals surface area contributed by atoms with E-state index in [9.17, 15) is 9.59 Å². The third-order valence-corrected chi connectivity index (χ3v) is 1.89. The summed E-state index contributed by atoms with van der Waals surface area (Å²) in [4.78, 5) is 24.0. The van der Waals surface area contributed by atoms with Crippen LogP contribution in [0.15, 0.2) is 23.3 Å². The Bertz CT molecular complexity index is 492. The number of carbonyl (C=O) groups is 2. The zero-order valence-corrected chi connectivity index (χ0v) is 7.99. The molecule has 0 aromatic heterocycles. The van der Waals surface area contributed by atoms with Crippen LogP contribution in [-0.4, -0.2) is 22.2 Å². The van der Waals surface area contributed by atoms with Gasteiger partial charge in [0.25, 0.3) is 0 Å². The van der Waals surface area contributed by atoms with Crippen molar-refractivity contribution in [2.45, 2.75) is 6.54 Å². The van der Waals surface area contributed by atoms with Gasteiger partial charge in [-0.3, -0.25) is 0 Å². The third-order valence-electron chi connectivity index (χ3n) is 1.89. The van der Waals surface area contributed by atoms with E-state index in [1.54, 1.807) is 0 Å². The van der Waals surface area contributed by atoms with Gasteiger partial charge in [0, 0.05) is 4.91 Å². The van der Waals surface area contributed by atoms with E-state index in [2.05, 4.69) is 10.0 Å². The Kier molecular flexibility index (Phi) is 3.47. The van der Waals surface area contributed by atoms with Crippen molar-refractivity contribution in [1.29, 1.82) is 0 Å². The SMILES string of the molecule is [N-]=[N+]=NCc1ccc(C(=O)O)cc1C(=O)O. The molecule has 0 aliphatic carbocycles. The molecule has 82 valence electrons. The Hall–Kier alpha value is -2.53. The summed E-state index contributed by atoms with van der Waals surface area (Å²) in [5.74, 6) is -2.47. The summed E-state index contributed by atoms with van der Waals surface area (Å²) in [5.41, 5.74) is 8.09. The van der Waals surface area contributed by atoms with Crippen LogP contribution in [0.2, 0.25) is 0 Å². The van der Waals surface area contributed by atoms with Gasteiger partial charge in [0.1, 0.15) is 0 Å². The first-order valence-electron chi connectivity index (χ1n) is 4.16. The van der Waals surface area contributed by atoms with Crippen LogP contribution in [0, 0.1) is 0 Å². The minimum absolute atomic E-state index is 0.123. The number of hydrogen-bond donors (Lipinski definition) is 2. The molecule has 7 heteroatoms. The first-order chi connectivity index (χ1) is 7.56. The van der Waals surface area contributed by atoms with Gasteiger partial charge < -0.3 is 10.2 Å². The fraction of sp³-hybridized carbons (Fsp3) is 0.111. The topological polar surface area (TPSA) is 123 Å². The van der Waals surface area contributed by atoms with Crippen molar-refractivity contribution in [1.82, 2.24) is 0 Å². The molecule has 0 atom stereocenters. The van der Waals surface area contributed by atoms with Crippen LogP contribution in [-0.2, 0) is 6.54 Å². The predicted octanol–water partition coefficient (Wildman–Crippen LogP) is 1.89. The number of carboxylic acids is 2. The summed E-state index contributed by atoms with van der Waals surface area (Å²) in [6.45, 7) is -0.127. The van der Waals surface area contributed by atoms with Crippen LogP contribution in [0.3, 0.4) is 0 Å². The highest BCUT2D eigenvalue weighted by Gasteiger charge is 2.13. The summed E-state index contributed by atoms with van der Waals surface area (Å²) in [7, 11) is 0. The van der Waals surface area contributed by atoms with Gasteiger partial charge in [-0.1, -0.05) is 11.2 Å². The minimum Gasteiger partial charge on any atom is -0.478 e. The Morgan fingerprint density at radius 2 is 2.00 bits per heavy atom. The predicted molar refractivity (Wildman–Crippen MR) is 53.2 cm³/mol. The second kappa shape index (κ2) is 4.81. The molecule has 0 fully saturated rings. The van der Waals surface area contributed by atoms with Crippen molar-refractivity contribution in [3.63, 3.8) is 0 Å². The van der Waals surface area contributed by atoms with E-state index in [0.29, 0.717) is 0 Å². The lowest BCUT2D eigenvalue weighted by molar-refractivity contribution is 0.0695. The molecule has 0 heterocycles. The van der Waals surface area contributed by atoms with Crippen LogP contribution < -0.4 is 0 Å². The molecule has 0 aliphatic heterocycles. The average molecular weight is 221 g/mol. The number of azide groups is 1. The molecule has 1 aromatic rings. The van der Waals surface area contributed by atoms with Crippen LogP contribution in [0.5, 0.6) is 0 Å². The maximum atomic E-state index is 10.8. The van der Waals surface area contributed by atoms with Crippen molar-refractivity contribution >= 4 is 11.9 Å². The summed E-state index contributed by atoms with van der Waals surface area (Å²) in [6.07, 6.45) is 0. The maximum absolute atomic E-state index is 10.8. The molecule has 0 saturated carbocycles. The zero-order chi connectivity index (χ0) is 12.1. The van der Waals surface area contributed by atoms with Crippen LogP contribution in [0.25, 0.3) is 10.4 Å². The van der Waals surface area contributed by atoms with Crippen LogP contribution >= 0.6 is 0 Å². The van der Waals surface area contributed by atoms with Crippen molar-refractivity contribution in [3.05, 3.63) is 45.3 Å². The number of benzene rings is 1. The largest absolute Gasteiger partial charge is 0.478 e. The highest BCUT2D eigenvalue weighted by Crippen LogP contribution is 2.14. The number of hydrogen-bond acceptors (Lipinski definition) is 3. The summed E-state index contributed by atoms with van der Waals surface area (Å²) in [6, 6.07) is 3.62. The Morgan fingerprint density at radius 3 is 2.50 bits per heavy atom. The second-order valence-electron chi connectivity index (χ2n) is 2.87. The van der Waals surface area contributed by atoms with Gasteiger partial charge in [0.15, 0.2) is 0 Å².